The first kappa shape index (κ1) is 47.8. The number of hydrogen-bond donors (Lipinski definition) is 0. The van der Waals surface area contributed by atoms with Crippen LogP contribution in [0.25, 0.3) is 11.1 Å². The predicted octanol–water partition coefficient (Wildman–Crippen LogP) is 12.0. The maximum absolute atomic E-state index is 12.6. The third-order valence-corrected chi connectivity index (χ3v) is 10.5. The zero-order valence-electron chi connectivity index (χ0n) is 35.4. The van der Waals surface area contributed by atoms with Gasteiger partial charge in [0, 0.05) is 12.8 Å². The summed E-state index contributed by atoms with van der Waals surface area (Å²) < 4.78 is 11.6. The van der Waals surface area contributed by atoms with E-state index in [1.54, 1.807) is 0 Å². The van der Waals surface area contributed by atoms with E-state index in [0.717, 1.165) is 74.4 Å². The van der Waals surface area contributed by atoms with Crippen molar-refractivity contribution in [3.05, 3.63) is 59.7 Å². The first-order valence-corrected chi connectivity index (χ1v) is 22.3. The second-order valence-electron chi connectivity index (χ2n) is 15.6. The van der Waals surface area contributed by atoms with E-state index in [9.17, 15) is 9.59 Å². The number of ether oxygens (including phenoxy) is 2. The molecule has 54 heavy (non-hydrogen) atoms. The van der Waals surface area contributed by atoms with Gasteiger partial charge in [-0.05, 0) is 100 Å². The average molecular weight is 749 g/mol. The molecular formula is C48H80N2O4. The Kier molecular flexibility index (Phi) is 29.0. The number of hydrogen-bond acceptors (Lipinski definition) is 6. The molecule has 0 aliphatic heterocycles. The van der Waals surface area contributed by atoms with E-state index in [-0.39, 0.29) is 24.8 Å². The van der Waals surface area contributed by atoms with Crippen LogP contribution >= 0.6 is 0 Å². The van der Waals surface area contributed by atoms with Gasteiger partial charge in [0.2, 0.25) is 0 Å². The lowest BCUT2D eigenvalue weighted by Gasteiger charge is -2.22. The lowest BCUT2D eigenvalue weighted by atomic mass is 10.0. The van der Waals surface area contributed by atoms with E-state index in [2.05, 4.69) is 86.0 Å². The number of ketones is 2. The second kappa shape index (κ2) is 32.8. The van der Waals surface area contributed by atoms with Crippen LogP contribution in [0.5, 0.6) is 0 Å². The van der Waals surface area contributed by atoms with Gasteiger partial charge in [0.15, 0.2) is 11.6 Å². The summed E-state index contributed by atoms with van der Waals surface area (Å²) in [5, 5.41) is 0. The van der Waals surface area contributed by atoms with Crippen LogP contribution in [0.2, 0.25) is 0 Å². The van der Waals surface area contributed by atoms with Crippen LogP contribution in [-0.4, -0.2) is 73.8 Å². The molecule has 0 saturated heterocycles. The zero-order valence-corrected chi connectivity index (χ0v) is 35.4. The minimum absolute atomic E-state index is 0.181. The lowest BCUT2D eigenvalue weighted by molar-refractivity contribution is -0.124. The Bertz CT molecular complexity index is 1090. The van der Waals surface area contributed by atoms with Crippen molar-refractivity contribution < 1.29 is 19.1 Å². The highest BCUT2D eigenvalue weighted by molar-refractivity contribution is 5.80. The summed E-state index contributed by atoms with van der Waals surface area (Å²) in [6.45, 7) is 16.9. The van der Waals surface area contributed by atoms with E-state index in [0.29, 0.717) is 26.1 Å². The highest BCUT2D eigenvalue weighted by atomic mass is 16.5. The molecule has 0 N–H and O–H groups in total. The Balaban J connectivity index is 1.64. The third kappa shape index (κ3) is 24.2. The molecule has 2 aromatic carbocycles. The molecule has 0 saturated carbocycles. The summed E-state index contributed by atoms with van der Waals surface area (Å²) in [6.07, 6.45) is 23.7. The second-order valence-corrected chi connectivity index (χ2v) is 15.6. The van der Waals surface area contributed by atoms with Crippen LogP contribution < -0.4 is 0 Å². The van der Waals surface area contributed by atoms with Gasteiger partial charge in [-0.25, -0.2) is 0 Å². The van der Waals surface area contributed by atoms with E-state index >= 15 is 0 Å². The summed E-state index contributed by atoms with van der Waals surface area (Å²) >= 11 is 0. The van der Waals surface area contributed by atoms with Gasteiger partial charge in [0.1, 0.15) is 13.2 Å². The lowest BCUT2D eigenvalue weighted by Crippen LogP contribution is -2.28. The molecule has 0 heterocycles. The van der Waals surface area contributed by atoms with Crippen LogP contribution in [-0.2, 0) is 32.3 Å². The van der Waals surface area contributed by atoms with Gasteiger partial charge in [0.05, 0.1) is 13.2 Å². The Morgan fingerprint density at radius 3 is 1.06 bits per heavy atom. The fraction of sp³-hybridized carbons (Fsp3) is 0.708. The van der Waals surface area contributed by atoms with Gasteiger partial charge in [-0.1, -0.05) is 153 Å². The van der Waals surface area contributed by atoms with Crippen LogP contribution in [0.15, 0.2) is 48.5 Å². The molecule has 0 aliphatic carbocycles. The highest BCUT2D eigenvalue weighted by Crippen LogP contribution is 2.21. The topological polar surface area (TPSA) is 59.1 Å². The quantitative estimate of drug-likeness (QED) is 0.0641. The molecule has 0 radical (unpaired) electrons. The van der Waals surface area contributed by atoms with Crippen molar-refractivity contribution >= 4 is 11.6 Å². The van der Waals surface area contributed by atoms with Crippen molar-refractivity contribution in [1.82, 2.24) is 9.80 Å². The molecule has 6 heteroatoms. The third-order valence-electron chi connectivity index (χ3n) is 10.5. The maximum atomic E-state index is 12.6. The molecule has 6 nitrogen and oxygen atoms in total. The number of rotatable bonds is 37. The zero-order chi connectivity index (χ0) is 38.9. The van der Waals surface area contributed by atoms with Gasteiger partial charge in [-0.15, -0.1) is 0 Å². The summed E-state index contributed by atoms with van der Waals surface area (Å²) in [7, 11) is 0. The van der Waals surface area contributed by atoms with E-state index in [1.165, 1.54) is 103 Å². The Labute approximate surface area is 332 Å². The van der Waals surface area contributed by atoms with Gasteiger partial charge in [-0.2, -0.15) is 0 Å². The monoisotopic (exact) mass is 749 g/mol. The van der Waals surface area contributed by atoms with E-state index in [4.69, 9.17) is 9.47 Å². The van der Waals surface area contributed by atoms with Crippen molar-refractivity contribution in [2.24, 2.45) is 0 Å². The first-order valence-electron chi connectivity index (χ1n) is 22.3. The fourth-order valence-corrected chi connectivity index (χ4v) is 7.02. The Hall–Kier alpha value is -2.38. The van der Waals surface area contributed by atoms with Crippen molar-refractivity contribution in [2.75, 3.05) is 52.5 Å². The Morgan fingerprint density at radius 2 is 0.704 bits per heavy atom. The molecule has 0 fully saturated rings. The van der Waals surface area contributed by atoms with Gasteiger partial charge in [-0.3, -0.25) is 9.59 Å². The fourth-order valence-electron chi connectivity index (χ4n) is 7.02. The van der Waals surface area contributed by atoms with Gasteiger partial charge >= 0.3 is 0 Å². The average Bonchev–Trinajstić information content (AvgIpc) is 3.18. The van der Waals surface area contributed by atoms with Crippen LogP contribution in [0.1, 0.15) is 167 Å². The number of Topliss-reactive ketones (excluding diaryl/α,β-unsaturated/α-hetero) is 2. The SMILES string of the molecule is CCCCCCCN(CCCCC)CCCC(=O)COCc1ccc(-c2ccc(COCC(=O)CCCN(CCCCC)CCCCCCC)cc2)cc1. The number of unbranched alkanes of at least 4 members (excludes halogenated alkanes) is 12. The molecular weight excluding hydrogens is 669 g/mol. The molecule has 0 aliphatic rings. The molecule has 0 amide bonds. The van der Waals surface area contributed by atoms with Crippen LogP contribution in [0.4, 0.5) is 0 Å². The summed E-state index contributed by atoms with van der Waals surface area (Å²) in [6, 6.07) is 16.7. The summed E-state index contributed by atoms with van der Waals surface area (Å²) in [5.74, 6) is 0.389. The van der Waals surface area contributed by atoms with Crippen molar-refractivity contribution in [3.63, 3.8) is 0 Å². The van der Waals surface area contributed by atoms with Crippen molar-refractivity contribution in [1.29, 1.82) is 0 Å². The van der Waals surface area contributed by atoms with Crippen molar-refractivity contribution in [2.45, 2.75) is 169 Å². The number of carbonyl (C=O) groups excluding carboxylic acids is 2. The Morgan fingerprint density at radius 1 is 0.407 bits per heavy atom. The standard InChI is InChI=1S/C48H80N2O4/c1-5-9-13-15-19-35-49(33-17-11-7-3)37-21-23-47(51)41-53-39-43-25-29-45(30-26-43)46-31-27-44(28-32-46)40-54-42-48(52)24-22-38-50(34-18-12-8-4)36-20-16-14-10-6-2/h25-32H,5-24,33-42H2,1-4H3. The number of carbonyl (C=O) groups is 2. The maximum Gasteiger partial charge on any atom is 0.158 e. The largest absolute Gasteiger partial charge is 0.369 e. The molecule has 306 valence electrons. The molecule has 0 unspecified atom stereocenters. The molecule has 0 aromatic heterocycles. The van der Waals surface area contributed by atoms with Gasteiger partial charge < -0.3 is 19.3 Å². The normalized spacial score (nSPS) is 11.6. The highest BCUT2D eigenvalue weighted by Gasteiger charge is 2.10. The van der Waals surface area contributed by atoms with Gasteiger partial charge in [0.25, 0.3) is 0 Å². The van der Waals surface area contributed by atoms with Crippen LogP contribution in [0.3, 0.4) is 0 Å². The number of nitrogens with zero attached hydrogens (tertiary/aromatic N) is 2. The molecule has 0 bridgehead atoms. The first-order chi connectivity index (χ1) is 26.5. The van der Waals surface area contributed by atoms with Crippen molar-refractivity contribution in [3.8, 4) is 11.1 Å². The van der Waals surface area contributed by atoms with E-state index < -0.39 is 0 Å². The minimum atomic E-state index is 0.181. The van der Waals surface area contributed by atoms with E-state index in [1.807, 2.05) is 0 Å². The number of benzene rings is 2. The summed E-state index contributed by atoms with van der Waals surface area (Å²) in [4.78, 5) is 30.3. The summed E-state index contributed by atoms with van der Waals surface area (Å²) in [5.41, 5.74) is 4.41. The smallest absolute Gasteiger partial charge is 0.158 e. The molecule has 2 aromatic rings. The van der Waals surface area contributed by atoms with Crippen LogP contribution in [0, 0.1) is 0 Å². The molecule has 2 rings (SSSR count). The molecule has 0 atom stereocenters. The predicted molar refractivity (Wildman–Crippen MR) is 229 cm³/mol. The molecule has 0 spiro atoms. The minimum Gasteiger partial charge on any atom is -0.369 e.